The van der Waals surface area contributed by atoms with Gasteiger partial charge >= 0.3 is 0 Å². The number of benzene rings is 1. The third-order valence-electron chi connectivity index (χ3n) is 3.10. The molecule has 5 nitrogen and oxygen atoms in total. The molecule has 0 aliphatic heterocycles. The molecule has 0 radical (unpaired) electrons. The quantitative estimate of drug-likeness (QED) is 0.817. The molecular weight excluding hydrogens is 266 g/mol. The summed E-state index contributed by atoms with van der Waals surface area (Å²) in [5.41, 5.74) is 6.61. The van der Waals surface area contributed by atoms with Crippen molar-refractivity contribution in [2.24, 2.45) is 5.73 Å². The summed E-state index contributed by atoms with van der Waals surface area (Å²) in [7, 11) is 0. The first-order valence-electron chi connectivity index (χ1n) is 7.17. The van der Waals surface area contributed by atoms with Crippen LogP contribution in [0, 0.1) is 0 Å². The lowest BCUT2D eigenvalue weighted by molar-refractivity contribution is -0.121. The zero-order valence-corrected chi connectivity index (χ0v) is 12.2. The van der Waals surface area contributed by atoms with Crippen molar-refractivity contribution < 1.29 is 9.21 Å². The maximum Gasteiger partial charge on any atom is 0.220 e. The number of amides is 1. The number of aromatic nitrogens is 1. The van der Waals surface area contributed by atoms with Crippen LogP contribution in [-0.4, -0.2) is 23.5 Å². The summed E-state index contributed by atoms with van der Waals surface area (Å²) in [6.07, 6.45) is 3.34. The first-order valence-corrected chi connectivity index (χ1v) is 7.17. The molecule has 3 N–H and O–H groups in total. The molecule has 0 aliphatic rings. The van der Waals surface area contributed by atoms with Gasteiger partial charge in [0.15, 0.2) is 11.7 Å². The number of aryl methyl sites for hydroxylation is 1. The van der Waals surface area contributed by atoms with Crippen LogP contribution in [0.15, 0.2) is 40.9 Å². The van der Waals surface area contributed by atoms with E-state index in [2.05, 4.69) is 10.3 Å². The molecule has 0 aliphatic carbocycles. The number of carbonyl (C=O) groups excluding carboxylic acids is 1. The molecule has 0 bridgehead atoms. The van der Waals surface area contributed by atoms with Crippen LogP contribution in [-0.2, 0) is 11.2 Å². The van der Waals surface area contributed by atoms with Gasteiger partial charge in [-0.1, -0.05) is 30.3 Å². The molecule has 1 amide bonds. The monoisotopic (exact) mass is 287 g/mol. The Hall–Kier alpha value is -2.14. The van der Waals surface area contributed by atoms with E-state index in [0.717, 1.165) is 17.7 Å². The molecule has 1 aromatic carbocycles. The van der Waals surface area contributed by atoms with Gasteiger partial charge in [0.1, 0.15) is 0 Å². The van der Waals surface area contributed by atoms with Gasteiger partial charge in [-0.25, -0.2) is 4.98 Å². The number of nitrogens with two attached hydrogens (primary N) is 1. The van der Waals surface area contributed by atoms with E-state index in [1.54, 1.807) is 6.20 Å². The zero-order valence-electron chi connectivity index (χ0n) is 12.2. The molecule has 5 heteroatoms. The molecule has 1 aromatic heterocycles. The number of nitrogens with one attached hydrogen (secondary N) is 1. The second-order valence-corrected chi connectivity index (χ2v) is 5.10. The van der Waals surface area contributed by atoms with Crippen LogP contribution in [0.4, 0.5) is 0 Å². The van der Waals surface area contributed by atoms with Crippen LogP contribution in [0.2, 0.25) is 0 Å². The van der Waals surface area contributed by atoms with Crippen molar-refractivity contribution >= 4 is 5.91 Å². The first kappa shape index (κ1) is 15.3. The van der Waals surface area contributed by atoms with Crippen molar-refractivity contribution in [1.82, 2.24) is 10.3 Å². The van der Waals surface area contributed by atoms with Gasteiger partial charge in [0.2, 0.25) is 5.91 Å². The van der Waals surface area contributed by atoms with Gasteiger partial charge in [0.05, 0.1) is 6.20 Å². The van der Waals surface area contributed by atoms with E-state index in [9.17, 15) is 4.79 Å². The molecule has 112 valence electrons. The molecule has 21 heavy (non-hydrogen) atoms. The summed E-state index contributed by atoms with van der Waals surface area (Å²) in [6, 6.07) is 9.88. The highest BCUT2D eigenvalue weighted by Crippen LogP contribution is 2.20. The average Bonchev–Trinajstić information content (AvgIpc) is 2.94. The van der Waals surface area contributed by atoms with Crippen molar-refractivity contribution in [3.63, 3.8) is 0 Å². The maximum atomic E-state index is 11.7. The predicted molar refractivity (Wildman–Crippen MR) is 81.5 cm³/mol. The molecule has 1 unspecified atom stereocenters. The van der Waals surface area contributed by atoms with Crippen LogP contribution in [0.25, 0.3) is 11.3 Å². The molecule has 0 saturated carbocycles. The maximum absolute atomic E-state index is 11.7. The fourth-order valence-corrected chi connectivity index (χ4v) is 1.91. The first-order chi connectivity index (χ1) is 10.1. The number of hydrogen-bond donors (Lipinski definition) is 2. The second kappa shape index (κ2) is 7.59. The van der Waals surface area contributed by atoms with Gasteiger partial charge in [0, 0.05) is 31.0 Å². The zero-order chi connectivity index (χ0) is 15.1. The Balaban J connectivity index is 1.79. The third kappa shape index (κ3) is 5.04. The number of rotatable bonds is 7. The second-order valence-electron chi connectivity index (χ2n) is 5.10. The molecule has 0 saturated heterocycles. The third-order valence-corrected chi connectivity index (χ3v) is 3.10. The summed E-state index contributed by atoms with van der Waals surface area (Å²) < 4.78 is 5.65. The summed E-state index contributed by atoms with van der Waals surface area (Å²) >= 11 is 0. The van der Waals surface area contributed by atoms with Crippen LogP contribution in [0.1, 0.15) is 25.7 Å². The van der Waals surface area contributed by atoms with Gasteiger partial charge in [0.25, 0.3) is 0 Å². The van der Waals surface area contributed by atoms with E-state index in [1.807, 2.05) is 37.3 Å². The largest absolute Gasteiger partial charge is 0.441 e. The number of oxazole rings is 1. The average molecular weight is 287 g/mol. The molecule has 2 aromatic rings. The van der Waals surface area contributed by atoms with Gasteiger partial charge in [-0.3, -0.25) is 4.79 Å². The molecule has 1 heterocycles. The Morgan fingerprint density at radius 3 is 2.86 bits per heavy atom. The SMILES string of the molecule is CC(N)CCNC(=O)CCc1ncc(-c2ccccc2)o1. The summed E-state index contributed by atoms with van der Waals surface area (Å²) in [4.78, 5) is 15.9. The van der Waals surface area contributed by atoms with Gasteiger partial charge < -0.3 is 15.5 Å². The lowest BCUT2D eigenvalue weighted by atomic mass is 10.2. The van der Waals surface area contributed by atoms with Gasteiger partial charge in [-0.05, 0) is 13.3 Å². The normalized spacial score (nSPS) is 12.1. The van der Waals surface area contributed by atoms with E-state index in [-0.39, 0.29) is 11.9 Å². The lowest BCUT2D eigenvalue weighted by Crippen LogP contribution is -2.29. The number of nitrogens with zero attached hydrogens (tertiary/aromatic N) is 1. The van der Waals surface area contributed by atoms with Crippen molar-refractivity contribution in [3.05, 3.63) is 42.4 Å². The van der Waals surface area contributed by atoms with E-state index >= 15 is 0 Å². The van der Waals surface area contributed by atoms with Crippen LogP contribution in [0.3, 0.4) is 0 Å². The standard InChI is InChI=1S/C16H21N3O2/c1-12(17)9-10-18-15(20)7-8-16-19-11-14(21-16)13-5-3-2-4-6-13/h2-6,11-12H,7-10,17H2,1H3,(H,18,20). The van der Waals surface area contributed by atoms with E-state index in [4.69, 9.17) is 10.2 Å². The molecule has 2 rings (SSSR count). The fraction of sp³-hybridized carbons (Fsp3) is 0.375. The summed E-state index contributed by atoms with van der Waals surface area (Å²) in [5, 5.41) is 2.83. The highest BCUT2D eigenvalue weighted by atomic mass is 16.4. The van der Waals surface area contributed by atoms with Crippen LogP contribution < -0.4 is 11.1 Å². The van der Waals surface area contributed by atoms with Gasteiger partial charge in [-0.2, -0.15) is 0 Å². The van der Waals surface area contributed by atoms with E-state index < -0.39 is 0 Å². The Labute approximate surface area is 124 Å². The minimum absolute atomic E-state index is 0.00453. The number of hydrogen-bond acceptors (Lipinski definition) is 4. The van der Waals surface area contributed by atoms with Crippen molar-refractivity contribution in [2.75, 3.05) is 6.54 Å². The van der Waals surface area contributed by atoms with E-state index in [1.165, 1.54) is 0 Å². The minimum Gasteiger partial charge on any atom is -0.441 e. The van der Waals surface area contributed by atoms with E-state index in [0.29, 0.717) is 25.3 Å². The topological polar surface area (TPSA) is 81.1 Å². The molecule has 1 atom stereocenters. The summed E-state index contributed by atoms with van der Waals surface area (Å²) in [5.74, 6) is 1.30. The molecule has 0 spiro atoms. The van der Waals surface area contributed by atoms with Crippen LogP contribution >= 0.6 is 0 Å². The Morgan fingerprint density at radius 2 is 2.14 bits per heavy atom. The minimum atomic E-state index is -0.00453. The summed E-state index contributed by atoms with van der Waals surface area (Å²) in [6.45, 7) is 2.53. The van der Waals surface area contributed by atoms with Crippen LogP contribution in [0.5, 0.6) is 0 Å². The lowest BCUT2D eigenvalue weighted by Gasteiger charge is -2.06. The highest BCUT2D eigenvalue weighted by molar-refractivity contribution is 5.76. The molecule has 0 fully saturated rings. The van der Waals surface area contributed by atoms with Gasteiger partial charge in [-0.15, -0.1) is 0 Å². The van der Waals surface area contributed by atoms with Crippen molar-refractivity contribution in [2.45, 2.75) is 32.2 Å². The van der Waals surface area contributed by atoms with Crippen molar-refractivity contribution in [3.8, 4) is 11.3 Å². The Morgan fingerprint density at radius 1 is 1.38 bits per heavy atom. The predicted octanol–water partition coefficient (Wildman–Crippen LogP) is 2.13. The fourth-order valence-electron chi connectivity index (χ4n) is 1.91. The number of carbonyl (C=O) groups is 1. The smallest absolute Gasteiger partial charge is 0.220 e. The molecular formula is C16H21N3O2. The Bertz CT molecular complexity index is 564. The van der Waals surface area contributed by atoms with Crippen molar-refractivity contribution in [1.29, 1.82) is 0 Å². The Kier molecular flexibility index (Phi) is 5.51. The highest BCUT2D eigenvalue weighted by Gasteiger charge is 2.08.